The molecule has 0 spiro atoms. The van der Waals surface area contributed by atoms with Crippen molar-refractivity contribution in [1.82, 2.24) is 5.16 Å². The molecular weight excluding hydrogens is 190 g/mol. The fourth-order valence-corrected chi connectivity index (χ4v) is 1.72. The molecule has 3 nitrogen and oxygen atoms in total. The molecule has 1 aromatic heterocycles. The third kappa shape index (κ3) is 1.61. The first-order chi connectivity index (χ1) is 7.24. The average Bonchev–Trinajstić information content (AvgIpc) is 2.59. The van der Waals surface area contributed by atoms with Crippen LogP contribution in [0.2, 0.25) is 0 Å². The van der Waals surface area contributed by atoms with E-state index in [9.17, 15) is 0 Å². The maximum absolute atomic E-state index is 5.31. The third-order valence-electron chi connectivity index (χ3n) is 2.41. The van der Waals surface area contributed by atoms with Gasteiger partial charge < -0.3 is 9.26 Å². The molecule has 2 aromatic rings. The molecule has 0 atom stereocenters. The molecule has 0 fully saturated rings. The van der Waals surface area contributed by atoms with Gasteiger partial charge in [-0.15, -0.1) is 0 Å². The van der Waals surface area contributed by atoms with E-state index >= 15 is 0 Å². The van der Waals surface area contributed by atoms with Gasteiger partial charge in [0, 0.05) is 5.56 Å². The minimum absolute atomic E-state index is 0.817. The summed E-state index contributed by atoms with van der Waals surface area (Å²) in [7, 11) is 1.66. The molecule has 1 heterocycles. The molecule has 0 unspecified atom stereocenters. The van der Waals surface area contributed by atoms with Crippen molar-refractivity contribution < 1.29 is 9.26 Å². The van der Waals surface area contributed by atoms with Gasteiger partial charge in [-0.05, 0) is 19.9 Å². The average molecular weight is 203 g/mol. The Morgan fingerprint density at radius 2 is 1.93 bits per heavy atom. The van der Waals surface area contributed by atoms with Crippen LogP contribution in [0.4, 0.5) is 0 Å². The SMILES string of the molecule is COc1ccccc1-c1c(C)noc1C. The third-order valence-corrected chi connectivity index (χ3v) is 2.41. The highest BCUT2D eigenvalue weighted by atomic mass is 16.5. The molecule has 0 aliphatic heterocycles. The van der Waals surface area contributed by atoms with Crippen LogP contribution in [-0.4, -0.2) is 12.3 Å². The second kappa shape index (κ2) is 3.77. The molecule has 1 aromatic carbocycles. The lowest BCUT2D eigenvalue weighted by molar-refractivity contribution is 0.393. The Bertz CT molecular complexity index is 455. The van der Waals surface area contributed by atoms with Gasteiger partial charge in [0.25, 0.3) is 0 Å². The van der Waals surface area contributed by atoms with Crippen molar-refractivity contribution in [3.05, 3.63) is 35.7 Å². The van der Waals surface area contributed by atoms with Crippen molar-refractivity contribution in [3.8, 4) is 16.9 Å². The fourth-order valence-electron chi connectivity index (χ4n) is 1.72. The molecular formula is C12H13NO2. The number of hydrogen-bond donors (Lipinski definition) is 0. The van der Waals surface area contributed by atoms with E-state index in [1.54, 1.807) is 7.11 Å². The molecule has 0 aliphatic carbocycles. The standard InChI is InChI=1S/C12H13NO2/c1-8-12(9(2)15-13-8)10-6-4-5-7-11(10)14-3/h4-7H,1-3H3. The van der Waals surface area contributed by atoms with Crippen molar-refractivity contribution >= 4 is 0 Å². The molecule has 15 heavy (non-hydrogen) atoms. The normalized spacial score (nSPS) is 10.3. The van der Waals surface area contributed by atoms with E-state index < -0.39 is 0 Å². The molecule has 0 bridgehead atoms. The molecule has 0 saturated heterocycles. The van der Waals surface area contributed by atoms with Crippen LogP contribution in [0.1, 0.15) is 11.5 Å². The largest absolute Gasteiger partial charge is 0.496 e. The van der Waals surface area contributed by atoms with E-state index in [-0.39, 0.29) is 0 Å². The minimum atomic E-state index is 0.817. The van der Waals surface area contributed by atoms with Crippen LogP contribution in [0.3, 0.4) is 0 Å². The lowest BCUT2D eigenvalue weighted by atomic mass is 10.0. The molecule has 3 heteroatoms. The Labute approximate surface area is 88.7 Å². The zero-order valence-corrected chi connectivity index (χ0v) is 9.07. The number of aryl methyl sites for hydroxylation is 2. The number of ether oxygens (including phenoxy) is 1. The van der Waals surface area contributed by atoms with Gasteiger partial charge in [0.15, 0.2) is 0 Å². The summed E-state index contributed by atoms with van der Waals surface area (Å²) in [6, 6.07) is 7.86. The van der Waals surface area contributed by atoms with Gasteiger partial charge in [0.2, 0.25) is 0 Å². The molecule has 0 radical (unpaired) electrons. The first-order valence-electron chi connectivity index (χ1n) is 4.80. The molecule has 0 saturated carbocycles. The predicted molar refractivity (Wildman–Crippen MR) is 58.0 cm³/mol. The van der Waals surface area contributed by atoms with Crippen LogP contribution in [0.25, 0.3) is 11.1 Å². The number of nitrogens with zero attached hydrogens (tertiary/aromatic N) is 1. The van der Waals surface area contributed by atoms with Crippen LogP contribution < -0.4 is 4.74 Å². The maximum atomic E-state index is 5.31. The van der Waals surface area contributed by atoms with Gasteiger partial charge in [-0.2, -0.15) is 0 Å². The van der Waals surface area contributed by atoms with Crippen LogP contribution in [0, 0.1) is 13.8 Å². The van der Waals surface area contributed by atoms with E-state index in [2.05, 4.69) is 5.16 Å². The number of hydrogen-bond acceptors (Lipinski definition) is 3. The quantitative estimate of drug-likeness (QED) is 0.752. The number of methoxy groups -OCH3 is 1. The molecule has 0 N–H and O–H groups in total. The Morgan fingerprint density at radius 3 is 2.53 bits per heavy atom. The Balaban J connectivity index is 2.63. The monoisotopic (exact) mass is 203 g/mol. The maximum Gasteiger partial charge on any atom is 0.141 e. The first kappa shape index (κ1) is 9.77. The second-order valence-corrected chi connectivity index (χ2v) is 3.40. The summed E-state index contributed by atoms with van der Waals surface area (Å²) >= 11 is 0. The van der Waals surface area contributed by atoms with Crippen LogP contribution in [-0.2, 0) is 0 Å². The molecule has 2 rings (SSSR count). The van der Waals surface area contributed by atoms with Crippen molar-refractivity contribution in [2.75, 3.05) is 7.11 Å². The number of benzene rings is 1. The summed E-state index contributed by atoms with van der Waals surface area (Å²) in [5.41, 5.74) is 2.93. The van der Waals surface area contributed by atoms with Crippen LogP contribution in [0.15, 0.2) is 28.8 Å². The Kier molecular flexibility index (Phi) is 2.46. The number of para-hydroxylation sites is 1. The fraction of sp³-hybridized carbons (Fsp3) is 0.250. The highest BCUT2D eigenvalue weighted by Crippen LogP contribution is 2.33. The van der Waals surface area contributed by atoms with Crippen molar-refractivity contribution in [3.63, 3.8) is 0 Å². The molecule has 0 amide bonds. The smallest absolute Gasteiger partial charge is 0.141 e. The zero-order valence-electron chi connectivity index (χ0n) is 9.07. The van der Waals surface area contributed by atoms with E-state index in [0.29, 0.717) is 0 Å². The summed E-state index contributed by atoms with van der Waals surface area (Å²) in [5.74, 6) is 1.66. The van der Waals surface area contributed by atoms with Gasteiger partial charge in [0.05, 0.1) is 18.4 Å². The van der Waals surface area contributed by atoms with Crippen molar-refractivity contribution in [1.29, 1.82) is 0 Å². The number of aromatic nitrogens is 1. The summed E-state index contributed by atoms with van der Waals surface area (Å²) < 4.78 is 10.5. The van der Waals surface area contributed by atoms with Gasteiger partial charge in [0.1, 0.15) is 11.5 Å². The van der Waals surface area contributed by atoms with E-state index in [4.69, 9.17) is 9.26 Å². The topological polar surface area (TPSA) is 35.3 Å². The summed E-state index contributed by atoms with van der Waals surface area (Å²) in [6.07, 6.45) is 0. The number of rotatable bonds is 2. The minimum Gasteiger partial charge on any atom is -0.496 e. The van der Waals surface area contributed by atoms with E-state index in [1.807, 2.05) is 38.1 Å². The lowest BCUT2D eigenvalue weighted by Gasteiger charge is -2.06. The molecule has 0 aliphatic rings. The highest BCUT2D eigenvalue weighted by molar-refractivity contribution is 5.73. The van der Waals surface area contributed by atoms with E-state index in [1.165, 1.54) is 0 Å². The zero-order chi connectivity index (χ0) is 10.8. The predicted octanol–water partition coefficient (Wildman–Crippen LogP) is 2.97. The Morgan fingerprint density at radius 1 is 1.20 bits per heavy atom. The van der Waals surface area contributed by atoms with Gasteiger partial charge in [-0.1, -0.05) is 23.4 Å². The highest BCUT2D eigenvalue weighted by Gasteiger charge is 2.14. The van der Waals surface area contributed by atoms with Gasteiger partial charge >= 0.3 is 0 Å². The van der Waals surface area contributed by atoms with E-state index in [0.717, 1.165) is 28.3 Å². The van der Waals surface area contributed by atoms with Crippen molar-refractivity contribution in [2.45, 2.75) is 13.8 Å². The van der Waals surface area contributed by atoms with Crippen LogP contribution in [0.5, 0.6) is 5.75 Å². The lowest BCUT2D eigenvalue weighted by Crippen LogP contribution is -1.88. The first-order valence-corrected chi connectivity index (χ1v) is 4.80. The molecule has 78 valence electrons. The van der Waals surface area contributed by atoms with Crippen LogP contribution >= 0.6 is 0 Å². The summed E-state index contributed by atoms with van der Waals surface area (Å²) in [6.45, 7) is 3.83. The van der Waals surface area contributed by atoms with Gasteiger partial charge in [-0.3, -0.25) is 0 Å². The van der Waals surface area contributed by atoms with Crippen molar-refractivity contribution in [2.24, 2.45) is 0 Å². The van der Waals surface area contributed by atoms with Gasteiger partial charge in [-0.25, -0.2) is 0 Å². The Hall–Kier alpha value is -1.77. The summed E-state index contributed by atoms with van der Waals surface area (Å²) in [5, 5.41) is 3.94. The second-order valence-electron chi connectivity index (χ2n) is 3.40. The summed E-state index contributed by atoms with van der Waals surface area (Å²) in [4.78, 5) is 0.